The summed E-state index contributed by atoms with van der Waals surface area (Å²) >= 11 is 0. The van der Waals surface area contributed by atoms with Gasteiger partial charge in [0.05, 0.1) is 12.6 Å². The molecule has 4 nitrogen and oxygen atoms in total. The van der Waals surface area contributed by atoms with E-state index in [1.165, 1.54) is 6.42 Å². The maximum atomic E-state index is 12.1. The summed E-state index contributed by atoms with van der Waals surface area (Å²) in [5, 5.41) is 9.23. The van der Waals surface area contributed by atoms with Crippen molar-refractivity contribution in [3.63, 3.8) is 0 Å². The Morgan fingerprint density at radius 3 is 3.05 bits per heavy atom. The molecular weight excluding hydrogens is 254 g/mol. The van der Waals surface area contributed by atoms with E-state index >= 15 is 0 Å². The van der Waals surface area contributed by atoms with Crippen LogP contribution in [0.2, 0.25) is 0 Å². The van der Waals surface area contributed by atoms with Crippen LogP contribution in [0.25, 0.3) is 6.08 Å². The first kappa shape index (κ1) is 13.4. The van der Waals surface area contributed by atoms with E-state index in [0.29, 0.717) is 5.92 Å². The highest BCUT2D eigenvalue weighted by Crippen LogP contribution is 2.47. The highest BCUT2D eigenvalue weighted by molar-refractivity contribution is 5.91. The maximum Gasteiger partial charge on any atom is 0.247 e. The van der Waals surface area contributed by atoms with Crippen LogP contribution in [-0.2, 0) is 4.79 Å². The number of rotatable bonds is 4. The molecule has 2 unspecified atom stereocenters. The number of likely N-dealkylation sites (tertiary alicyclic amines) is 1. The van der Waals surface area contributed by atoms with Gasteiger partial charge in [0.1, 0.15) is 11.5 Å². The van der Waals surface area contributed by atoms with E-state index in [1.54, 1.807) is 17.1 Å². The molecule has 3 rings (SSSR count). The van der Waals surface area contributed by atoms with Crippen molar-refractivity contribution in [1.29, 1.82) is 0 Å². The third-order valence-electron chi connectivity index (χ3n) is 4.38. The number of amides is 1. The van der Waals surface area contributed by atoms with Gasteiger partial charge in [0.25, 0.3) is 0 Å². The first-order valence-electron chi connectivity index (χ1n) is 7.38. The van der Waals surface area contributed by atoms with Gasteiger partial charge < -0.3 is 14.4 Å². The minimum absolute atomic E-state index is 0.0216. The Balaban J connectivity index is 1.61. The van der Waals surface area contributed by atoms with E-state index in [0.717, 1.165) is 36.8 Å². The third kappa shape index (κ3) is 2.66. The molecule has 2 aliphatic rings. The topological polar surface area (TPSA) is 53.7 Å². The van der Waals surface area contributed by atoms with Crippen LogP contribution in [0.15, 0.2) is 22.6 Å². The Bertz CT molecular complexity index is 520. The van der Waals surface area contributed by atoms with Crippen molar-refractivity contribution in [2.45, 2.75) is 38.1 Å². The van der Waals surface area contributed by atoms with Gasteiger partial charge in [-0.1, -0.05) is 6.92 Å². The van der Waals surface area contributed by atoms with Gasteiger partial charge in [0, 0.05) is 18.5 Å². The Morgan fingerprint density at radius 1 is 1.55 bits per heavy atom. The summed E-state index contributed by atoms with van der Waals surface area (Å²) in [5.74, 6) is 2.99. The summed E-state index contributed by atoms with van der Waals surface area (Å²) in [5.41, 5.74) is 0. The number of carbonyl (C=O) groups is 1. The van der Waals surface area contributed by atoms with Gasteiger partial charge in [0.15, 0.2) is 0 Å². The fraction of sp³-hybridized carbons (Fsp3) is 0.562. The molecule has 2 heterocycles. The summed E-state index contributed by atoms with van der Waals surface area (Å²) in [6.45, 7) is 3.00. The van der Waals surface area contributed by atoms with E-state index in [-0.39, 0.29) is 18.6 Å². The van der Waals surface area contributed by atoms with Crippen molar-refractivity contribution in [1.82, 2.24) is 4.90 Å². The fourth-order valence-electron chi connectivity index (χ4n) is 2.94. The predicted molar refractivity (Wildman–Crippen MR) is 76.1 cm³/mol. The summed E-state index contributed by atoms with van der Waals surface area (Å²) < 4.78 is 5.74. The average Bonchev–Trinajstić information content (AvgIpc) is 2.89. The number of carbonyl (C=O) groups excluding carboxylic acids is 1. The van der Waals surface area contributed by atoms with Gasteiger partial charge in [-0.15, -0.1) is 0 Å². The Kier molecular flexibility index (Phi) is 3.66. The lowest BCUT2D eigenvalue weighted by Crippen LogP contribution is -2.36. The molecule has 1 saturated heterocycles. The van der Waals surface area contributed by atoms with Crippen LogP contribution in [-0.4, -0.2) is 35.1 Å². The zero-order valence-electron chi connectivity index (χ0n) is 11.8. The predicted octanol–water partition coefficient (Wildman–Crippen LogP) is 2.40. The molecule has 108 valence electrons. The number of hydrogen-bond donors (Lipinski definition) is 1. The molecule has 1 amide bonds. The van der Waals surface area contributed by atoms with Crippen LogP contribution < -0.4 is 0 Å². The summed E-state index contributed by atoms with van der Waals surface area (Å²) in [4.78, 5) is 13.8. The van der Waals surface area contributed by atoms with Gasteiger partial charge in [-0.25, -0.2) is 0 Å². The highest BCUT2D eigenvalue weighted by Gasteiger charge is 2.36. The Labute approximate surface area is 119 Å². The second kappa shape index (κ2) is 5.44. The van der Waals surface area contributed by atoms with Crippen molar-refractivity contribution in [2.24, 2.45) is 5.92 Å². The van der Waals surface area contributed by atoms with E-state index in [1.807, 2.05) is 12.1 Å². The van der Waals surface area contributed by atoms with Gasteiger partial charge >= 0.3 is 0 Å². The van der Waals surface area contributed by atoms with Crippen LogP contribution in [0.1, 0.15) is 43.6 Å². The smallest absolute Gasteiger partial charge is 0.247 e. The quantitative estimate of drug-likeness (QED) is 0.858. The normalized spacial score (nSPS) is 29.3. The summed E-state index contributed by atoms with van der Waals surface area (Å²) in [6, 6.07) is 3.90. The molecule has 4 heteroatoms. The number of aliphatic hydroxyl groups is 1. The second-order valence-electron chi connectivity index (χ2n) is 5.90. The minimum atomic E-state index is -0.0423. The molecule has 0 spiro atoms. The summed E-state index contributed by atoms with van der Waals surface area (Å²) in [7, 11) is 0. The largest absolute Gasteiger partial charge is 0.461 e. The summed E-state index contributed by atoms with van der Waals surface area (Å²) in [6.07, 6.45) is 6.33. The first-order chi connectivity index (χ1) is 9.69. The molecule has 0 radical (unpaired) electrons. The molecule has 1 aromatic heterocycles. The lowest BCUT2D eigenvalue weighted by Gasteiger charge is -2.21. The molecule has 0 bridgehead atoms. The molecule has 1 saturated carbocycles. The lowest BCUT2D eigenvalue weighted by atomic mass is 10.2. The molecule has 2 fully saturated rings. The van der Waals surface area contributed by atoms with Crippen LogP contribution in [0.3, 0.4) is 0 Å². The number of nitrogens with zero attached hydrogens (tertiary/aromatic N) is 1. The standard InChI is InChI=1S/C16H21NO3/c1-11-9-14(11)15-6-4-13(20-15)5-7-16(19)17-8-2-3-12(17)10-18/h4-7,11-12,14,18H,2-3,8-10H2,1H3/t11?,12-,14?/m0/s1. The van der Waals surface area contributed by atoms with Crippen molar-refractivity contribution in [3.8, 4) is 0 Å². The highest BCUT2D eigenvalue weighted by atomic mass is 16.3. The van der Waals surface area contributed by atoms with E-state index in [4.69, 9.17) is 4.42 Å². The van der Waals surface area contributed by atoms with Crippen molar-refractivity contribution in [2.75, 3.05) is 13.2 Å². The maximum absolute atomic E-state index is 12.1. The first-order valence-corrected chi connectivity index (χ1v) is 7.38. The van der Waals surface area contributed by atoms with E-state index in [2.05, 4.69) is 6.92 Å². The van der Waals surface area contributed by atoms with Crippen molar-refractivity contribution in [3.05, 3.63) is 29.7 Å². The monoisotopic (exact) mass is 275 g/mol. The van der Waals surface area contributed by atoms with Crippen LogP contribution >= 0.6 is 0 Å². The molecule has 0 aromatic carbocycles. The molecule has 20 heavy (non-hydrogen) atoms. The number of hydrogen-bond acceptors (Lipinski definition) is 3. The molecular formula is C16H21NO3. The van der Waals surface area contributed by atoms with Crippen molar-refractivity contribution >= 4 is 12.0 Å². The zero-order valence-corrected chi connectivity index (χ0v) is 11.8. The number of aliphatic hydroxyl groups excluding tert-OH is 1. The van der Waals surface area contributed by atoms with Crippen LogP contribution in [0, 0.1) is 5.92 Å². The lowest BCUT2D eigenvalue weighted by molar-refractivity contribution is -0.127. The molecule has 3 atom stereocenters. The molecule has 1 aliphatic carbocycles. The van der Waals surface area contributed by atoms with Gasteiger partial charge in [-0.3, -0.25) is 4.79 Å². The fourth-order valence-corrected chi connectivity index (χ4v) is 2.94. The molecule has 1 aromatic rings. The van der Waals surface area contributed by atoms with E-state index in [9.17, 15) is 9.90 Å². The van der Waals surface area contributed by atoms with Gasteiger partial charge in [-0.2, -0.15) is 0 Å². The van der Waals surface area contributed by atoms with Crippen LogP contribution in [0.5, 0.6) is 0 Å². The van der Waals surface area contributed by atoms with Crippen LogP contribution in [0.4, 0.5) is 0 Å². The zero-order chi connectivity index (χ0) is 14.1. The second-order valence-corrected chi connectivity index (χ2v) is 5.90. The SMILES string of the molecule is CC1CC1c1ccc(C=CC(=O)N2CCC[C@H]2CO)o1. The molecule has 1 aliphatic heterocycles. The average molecular weight is 275 g/mol. The molecule has 1 N–H and O–H groups in total. The third-order valence-corrected chi connectivity index (χ3v) is 4.38. The van der Waals surface area contributed by atoms with Crippen molar-refractivity contribution < 1.29 is 14.3 Å². The Morgan fingerprint density at radius 2 is 2.35 bits per heavy atom. The van der Waals surface area contributed by atoms with Gasteiger partial charge in [0.2, 0.25) is 5.91 Å². The Hall–Kier alpha value is -1.55. The van der Waals surface area contributed by atoms with Gasteiger partial charge in [-0.05, 0) is 43.4 Å². The van der Waals surface area contributed by atoms with E-state index < -0.39 is 0 Å². The minimum Gasteiger partial charge on any atom is -0.461 e. The number of furan rings is 1.